The summed E-state index contributed by atoms with van der Waals surface area (Å²) in [4.78, 5) is 27.2. The second kappa shape index (κ2) is 13.2. The van der Waals surface area contributed by atoms with Gasteiger partial charge in [-0.2, -0.15) is 0 Å². The van der Waals surface area contributed by atoms with Gasteiger partial charge in [-0.1, -0.05) is 61.2 Å². The molecule has 1 amide bonds. The molecule has 0 saturated carbocycles. The van der Waals surface area contributed by atoms with Gasteiger partial charge in [0.1, 0.15) is 11.9 Å². The molecule has 41 heavy (non-hydrogen) atoms. The summed E-state index contributed by atoms with van der Waals surface area (Å²) >= 11 is 0. The number of rotatable bonds is 13. The molecular weight excluding hydrogens is 543 g/mol. The van der Waals surface area contributed by atoms with Gasteiger partial charge in [0.15, 0.2) is 0 Å². The summed E-state index contributed by atoms with van der Waals surface area (Å²) < 4.78 is 44.1. The van der Waals surface area contributed by atoms with E-state index in [1.54, 1.807) is 23.1 Å². The number of anilines is 1. The Kier molecular flexibility index (Phi) is 9.73. The molecule has 0 unspecified atom stereocenters. The summed E-state index contributed by atoms with van der Waals surface area (Å²) in [5.74, 6) is -1.16. The fourth-order valence-electron chi connectivity index (χ4n) is 5.20. The molecule has 3 atom stereocenters. The number of esters is 1. The molecule has 0 aromatic heterocycles. The molecule has 0 aliphatic carbocycles. The van der Waals surface area contributed by atoms with Gasteiger partial charge in [-0.25, -0.2) is 17.5 Å². The number of hydrogen-bond acceptors (Lipinski definition) is 5. The number of ether oxygens (including phenoxy) is 1. The first-order valence-electron chi connectivity index (χ1n) is 13.6. The summed E-state index contributed by atoms with van der Waals surface area (Å²) in [5, 5.41) is 0. The minimum absolute atomic E-state index is 0.0198. The highest BCUT2D eigenvalue weighted by Gasteiger charge is 2.48. The van der Waals surface area contributed by atoms with E-state index in [1.165, 1.54) is 19.1 Å². The normalized spacial score (nSPS) is 17.5. The zero-order chi connectivity index (χ0) is 29.6. The number of halogens is 1. The standard InChI is InChI=1S/C32H35FN2O5S/c1-4-23-7-11-26(12-8-23)31-29(19-20-30(40-22(2)36)25-13-15-27(33)16-14-25)32(37)35(31)28-17-9-24(10-18-28)6-5-21-34-41(3,38)39/h4,7-18,29-31,34H,1,5-6,19-21H2,2-3H3/t29-,30+,31-/m1/s1. The van der Waals surface area contributed by atoms with Crippen LogP contribution in [0.5, 0.6) is 0 Å². The van der Waals surface area contributed by atoms with E-state index in [9.17, 15) is 22.4 Å². The molecule has 7 nitrogen and oxygen atoms in total. The maximum absolute atomic E-state index is 13.6. The number of sulfonamides is 1. The number of β-lactam (4-membered cyclic amide) rings is 1. The minimum Gasteiger partial charge on any atom is -0.458 e. The SMILES string of the molecule is C=Cc1ccc([C@@H]2[C@@H](CC[C@H](OC(C)=O)c3ccc(F)cc3)C(=O)N2c2ccc(CCCNS(C)(=O)=O)cc2)cc1. The predicted octanol–water partition coefficient (Wildman–Crippen LogP) is 5.74. The van der Waals surface area contributed by atoms with Gasteiger partial charge in [-0.05, 0) is 72.2 Å². The number of nitrogens with one attached hydrogen (secondary N) is 1. The maximum atomic E-state index is 13.6. The van der Waals surface area contributed by atoms with E-state index in [1.807, 2.05) is 48.5 Å². The van der Waals surface area contributed by atoms with Crippen molar-refractivity contribution in [2.45, 2.75) is 44.8 Å². The van der Waals surface area contributed by atoms with E-state index >= 15 is 0 Å². The summed E-state index contributed by atoms with van der Waals surface area (Å²) in [6, 6.07) is 21.3. The molecule has 1 aliphatic rings. The van der Waals surface area contributed by atoms with Crippen LogP contribution in [0.2, 0.25) is 0 Å². The largest absolute Gasteiger partial charge is 0.458 e. The average Bonchev–Trinajstić information content (AvgIpc) is 2.94. The zero-order valence-electron chi connectivity index (χ0n) is 23.3. The molecule has 216 valence electrons. The van der Waals surface area contributed by atoms with Crippen molar-refractivity contribution < 1.29 is 27.1 Å². The Morgan fingerprint density at radius 2 is 1.73 bits per heavy atom. The van der Waals surface area contributed by atoms with E-state index in [2.05, 4.69) is 11.3 Å². The average molecular weight is 579 g/mol. The van der Waals surface area contributed by atoms with Gasteiger partial charge in [0, 0.05) is 19.2 Å². The molecule has 1 aliphatic heterocycles. The predicted molar refractivity (Wildman–Crippen MR) is 158 cm³/mol. The highest BCUT2D eigenvalue weighted by molar-refractivity contribution is 7.88. The zero-order valence-corrected chi connectivity index (χ0v) is 24.1. The van der Waals surface area contributed by atoms with Crippen LogP contribution in [0.15, 0.2) is 79.4 Å². The van der Waals surface area contributed by atoms with E-state index in [4.69, 9.17) is 4.74 Å². The van der Waals surface area contributed by atoms with Gasteiger partial charge < -0.3 is 9.64 Å². The highest BCUT2D eigenvalue weighted by Crippen LogP contribution is 2.46. The number of carbonyl (C=O) groups is 2. The van der Waals surface area contributed by atoms with Crippen molar-refractivity contribution >= 4 is 33.7 Å². The topological polar surface area (TPSA) is 92.8 Å². The number of nitrogens with zero attached hydrogens (tertiary/aromatic N) is 1. The number of benzene rings is 3. The van der Waals surface area contributed by atoms with Crippen molar-refractivity contribution in [3.05, 3.63) is 107 Å². The highest BCUT2D eigenvalue weighted by atomic mass is 32.2. The smallest absolute Gasteiger partial charge is 0.303 e. The quantitative estimate of drug-likeness (QED) is 0.159. The molecule has 3 aromatic carbocycles. The van der Waals surface area contributed by atoms with Crippen LogP contribution in [0, 0.1) is 11.7 Å². The third kappa shape index (κ3) is 7.89. The summed E-state index contributed by atoms with van der Waals surface area (Å²) in [7, 11) is -3.21. The van der Waals surface area contributed by atoms with Crippen molar-refractivity contribution in [1.29, 1.82) is 0 Å². The Hall–Kier alpha value is -3.82. The van der Waals surface area contributed by atoms with E-state index in [0.717, 1.165) is 28.6 Å². The third-order valence-corrected chi connectivity index (χ3v) is 7.97. The van der Waals surface area contributed by atoms with Crippen LogP contribution in [-0.4, -0.2) is 33.1 Å². The van der Waals surface area contributed by atoms with Crippen LogP contribution in [0.1, 0.15) is 60.6 Å². The Balaban J connectivity index is 1.51. The first-order valence-corrected chi connectivity index (χ1v) is 15.5. The van der Waals surface area contributed by atoms with Crippen molar-refractivity contribution in [2.75, 3.05) is 17.7 Å². The molecule has 1 fully saturated rings. The van der Waals surface area contributed by atoms with Crippen LogP contribution in [-0.2, 0) is 30.8 Å². The summed E-state index contributed by atoms with van der Waals surface area (Å²) in [6.07, 6.45) is 4.57. The molecule has 0 spiro atoms. The van der Waals surface area contributed by atoms with Crippen LogP contribution >= 0.6 is 0 Å². The molecule has 9 heteroatoms. The lowest BCUT2D eigenvalue weighted by molar-refractivity contribution is -0.147. The number of aryl methyl sites for hydroxylation is 1. The number of amides is 1. The van der Waals surface area contributed by atoms with Crippen molar-refractivity contribution in [3.63, 3.8) is 0 Å². The second-order valence-electron chi connectivity index (χ2n) is 10.3. The Morgan fingerprint density at radius 1 is 1.07 bits per heavy atom. The van der Waals surface area contributed by atoms with Crippen molar-refractivity contribution in [2.24, 2.45) is 5.92 Å². The Morgan fingerprint density at radius 3 is 2.32 bits per heavy atom. The lowest BCUT2D eigenvalue weighted by Gasteiger charge is -2.48. The molecule has 4 rings (SSSR count). The molecule has 0 radical (unpaired) electrons. The van der Waals surface area contributed by atoms with Crippen LogP contribution in [0.4, 0.5) is 10.1 Å². The maximum Gasteiger partial charge on any atom is 0.303 e. The molecular formula is C32H35FN2O5S. The van der Waals surface area contributed by atoms with Gasteiger partial charge >= 0.3 is 5.97 Å². The molecule has 1 saturated heterocycles. The first-order chi connectivity index (χ1) is 19.6. The van der Waals surface area contributed by atoms with Crippen LogP contribution in [0.3, 0.4) is 0 Å². The van der Waals surface area contributed by atoms with Crippen molar-refractivity contribution in [3.8, 4) is 0 Å². The van der Waals surface area contributed by atoms with Gasteiger partial charge in [0.05, 0.1) is 18.2 Å². The molecule has 1 N–H and O–H groups in total. The van der Waals surface area contributed by atoms with Gasteiger partial charge in [0.25, 0.3) is 0 Å². The number of carbonyl (C=O) groups excluding carboxylic acids is 2. The van der Waals surface area contributed by atoms with Gasteiger partial charge in [-0.3, -0.25) is 9.59 Å². The first kappa shape index (κ1) is 30.1. The Labute approximate surface area is 241 Å². The fourth-order valence-corrected chi connectivity index (χ4v) is 5.72. The summed E-state index contributed by atoms with van der Waals surface area (Å²) in [5.41, 5.74) is 4.46. The van der Waals surface area contributed by atoms with Crippen molar-refractivity contribution in [1.82, 2.24) is 4.72 Å². The molecule has 3 aromatic rings. The lowest BCUT2D eigenvalue weighted by Crippen LogP contribution is -2.55. The van der Waals surface area contributed by atoms with Gasteiger partial charge in [-0.15, -0.1) is 0 Å². The monoisotopic (exact) mass is 578 g/mol. The van der Waals surface area contributed by atoms with E-state index in [-0.39, 0.29) is 23.7 Å². The van der Waals surface area contributed by atoms with E-state index in [0.29, 0.717) is 37.8 Å². The minimum atomic E-state index is -3.21. The lowest BCUT2D eigenvalue weighted by atomic mass is 9.78. The number of hydrogen-bond donors (Lipinski definition) is 1. The van der Waals surface area contributed by atoms with Crippen LogP contribution < -0.4 is 9.62 Å². The van der Waals surface area contributed by atoms with Gasteiger partial charge in [0.2, 0.25) is 15.9 Å². The second-order valence-corrected chi connectivity index (χ2v) is 12.1. The Bertz CT molecular complexity index is 1470. The van der Waals surface area contributed by atoms with E-state index < -0.39 is 22.1 Å². The van der Waals surface area contributed by atoms with Crippen LogP contribution in [0.25, 0.3) is 6.08 Å². The molecule has 1 heterocycles. The fraction of sp³-hybridized carbons (Fsp3) is 0.312. The molecule has 0 bridgehead atoms. The third-order valence-electron chi connectivity index (χ3n) is 7.24. The summed E-state index contributed by atoms with van der Waals surface area (Å²) in [6.45, 7) is 5.52.